The van der Waals surface area contributed by atoms with E-state index in [-0.39, 0.29) is 5.78 Å². The fourth-order valence-corrected chi connectivity index (χ4v) is 2.30. The van der Waals surface area contributed by atoms with E-state index in [1.807, 2.05) is 29.1 Å². The minimum Gasteiger partial charge on any atom is -0.300 e. The minimum atomic E-state index is 0.190. The van der Waals surface area contributed by atoms with Crippen LogP contribution in [-0.4, -0.2) is 15.6 Å². The van der Waals surface area contributed by atoms with Crippen molar-refractivity contribution in [1.82, 2.24) is 9.78 Å². The number of benzene rings is 1. The fraction of sp³-hybridized carbons (Fsp3) is 0.333. The lowest BCUT2D eigenvalue weighted by Crippen LogP contribution is -2.03. The molecule has 1 aliphatic rings. The Morgan fingerprint density at radius 1 is 1.39 bits per heavy atom. The summed E-state index contributed by atoms with van der Waals surface area (Å²) in [6.07, 6.45) is 4.87. The number of ketones is 1. The van der Waals surface area contributed by atoms with Gasteiger partial charge in [0, 0.05) is 24.2 Å². The SMILES string of the molecule is CC(=O)Cc1cccc(-n2nccc2C2CC2)c1. The van der Waals surface area contributed by atoms with E-state index in [1.54, 1.807) is 6.92 Å². The zero-order valence-corrected chi connectivity index (χ0v) is 10.5. The van der Waals surface area contributed by atoms with Gasteiger partial charge in [0.25, 0.3) is 0 Å². The third kappa shape index (κ3) is 2.21. The summed E-state index contributed by atoms with van der Waals surface area (Å²) in [5.41, 5.74) is 3.40. The molecule has 1 aromatic carbocycles. The van der Waals surface area contributed by atoms with Crippen LogP contribution in [0.3, 0.4) is 0 Å². The molecular formula is C15H16N2O. The molecule has 1 saturated carbocycles. The van der Waals surface area contributed by atoms with Gasteiger partial charge in [0.2, 0.25) is 0 Å². The van der Waals surface area contributed by atoms with Gasteiger partial charge in [-0.3, -0.25) is 4.79 Å². The molecule has 0 bridgehead atoms. The first kappa shape index (κ1) is 11.2. The van der Waals surface area contributed by atoms with Crippen molar-refractivity contribution in [3.8, 4) is 5.69 Å². The molecule has 3 heteroatoms. The van der Waals surface area contributed by atoms with Crippen LogP contribution in [0.15, 0.2) is 36.5 Å². The van der Waals surface area contributed by atoms with E-state index in [2.05, 4.69) is 17.2 Å². The predicted octanol–water partition coefficient (Wildman–Crippen LogP) is 2.88. The zero-order chi connectivity index (χ0) is 12.5. The third-order valence-corrected chi connectivity index (χ3v) is 3.28. The average molecular weight is 240 g/mol. The molecule has 3 nitrogen and oxygen atoms in total. The van der Waals surface area contributed by atoms with Crippen LogP contribution < -0.4 is 0 Å². The highest BCUT2D eigenvalue weighted by molar-refractivity contribution is 5.78. The van der Waals surface area contributed by atoms with E-state index in [4.69, 9.17) is 0 Å². The van der Waals surface area contributed by atoms with Crippen LogP contribution in [-0.2, 0) is 11.2 Å². The molecule has 0 atom stereocenters. The summed E-state index contributed by atoms with van der Waals surface area (Å²) >= 11 is 0. The van der Waals surface area contributed by atoms with Gasteiger partial charge in [-0.15, -0.1) is 0 Å². The number of rotatable bonds is 4. The third-order valence-electron chi connectivity index (χ3n) is 3.28. The molecule has 2 aromatic rings. The lowest BCUT2D eigenvalue weighted by Gasteiger charge is -2.08. The summed E-state index contributed by atoms with van der Waals surface area (Å²) in [4.78, 5) is 11.2. The van der Waals surface area contributed by atoms with Crippen LogP contribution in [0.5, 0.6) is 0 Å². The van der Waals surface area contributed by atoms with Crippen molar-refractivity contribution in [2.24, 2.45) is 0 Å². The van der Waals surface area contributed by atoms with E-state index < -0.39 is 0 Å². The molecule has 0 N–H and O–H groups in total. The molecular weight excluding hydrogens is 224 g/mol. The Morgan fingerprint density at radius 2 is 2.22 bits per heavy atom. The second kappa shape index (κ2) is 4.41. The molecule has 0 unspecified atom stereocenters. The van der Waals surface area contributed by atoms with E-state index in [9.17, 15) is 4.79 Å². The molecule has 1 fully saturated rings. The van der Waals surface area contributed by atoms with Crippen LogP contribution >= 0.6 is 0 Å². The number of carbonyl (C=O) groups excluding carboxylic acids is 1. The van der Waals surface area contributed by atoms with Gasteiger partial charge in [0.1, 0.15) is 5.78 Å². The van der Waals surface area contributed by atoms with Gasteiger partial charge in [-0.1, -0.05) is 12.1 Å². The van der Waals surface area contributed by atoms with E-state index in [0.717, 1.165) is 11.3 Å². The highest BCUT2D eigenvalue weighted by Crippen LogP contribution is 2.40. The van der Waals surface area contributed by atoms with Crippen molar-refractivity contribution in [3.05, 3.63) is 47.8 Å². The number of Topliss-reactive ketones (excluding diaryl/α,β-unsaturated/α-hetero) is 1. The molecule has 0 radical (unpaired) electrons. The maximum absolute atomic E-state index is 11.2. The molecule has 1 aromatic heterocycles. The van der Waals surface area contributed by atoms with Gasteiger partial charge < -0.3 is 0 Å². The van der Waals surface area contributed by atoms with Crippen molar-refractivity contribution in [1.29, 1.82) is 0 Å². The fourth-order valence-electron chi connectivity index (χ4n) is 2.30. The second-order valence-electron chi connectivity index (χ2n) is 4.99. The van der Waals surface area contributed by atoms with Crippen LogP contribution in [0.25, 0.3) is 5.69 Å². The Balaban J connectivity index is 1.95. The summed E-state index contributed by atoms with van der Waals surface area (Å²) in [5, 5.41) is 4.40. The topological polar surface area (TPSA) is 34.9 Å². The molecule has 0 aliphatic heterocycles. The molecule has 0 saturated heterocycles. The molecule has 92 valence electrons. The molecule has 0 amide bonds. The molecule has 18 heavy (non-hydrogen) atoms. The Labute approximate surface area is 106 Å². The molecule has 0 spiro atoms. The number of nitrogens with zero attached hydrogens (tertiary/aromatic N) is 2. The van der Waals surface area contributed by atoms with Gasteiger partial charge in [-0.2, -0.15) is 5.10 Å². The van der Waals surface area contributed by atoms with Crippen LogP contribution in [0.1, 0.15) is 36.9 Å². The van der Waals surface area contributed by atoms with Gasteiger partial charge in [-0.25, -0.2) is 4.68 Å². The number of hydrogen-bond acceptors (Lipinski definition) is 2. The standard InChI is InChI=1S/C15H16N2O/c1-11(18)9-12-3-2-4-14(10-12)17-15(7-8-16-17)13-5-6-13/h2-4,7-8,10,13H,5-6,9H2,1H3. The Kier molecular flexibility index (Phi) is 2.74. The number of hydrogen-bond donors (Lipinski definition) is 0. The average Bonchev–Trinajstić information content (AvgIpc) is 3.06. The van der Waals surface area contributed by atoms with E-state index in [1.165, 1.54) is 18.5 Å². The summed E-state index contributed by atoms with van der Waals surface area (Å²) in [6, 6.07) is 10.2. The summed E-state index contributed by atoms with van der Waals surface area (Å²) in [7, 11) is 0. The predicted molar refractivity (Wildman–Crippen MR) is 69.9 cm³/mol. The monoisotopic (exact) mass is 240 g/mol. The maximum Gasteiger partial charge on any atom is 0.134 e. The maximum atomic E-state index is 11.2. The Morgan fingerprint density at radius 3 is 2.94 bits per heavy atom. The number of aromatic nitrogens is 2. The van der Waals surface area contributed by atoms with Crippen LogP contribution in [0.2, 0.25) is 0 Å². The normalized spacial score (nSPS) is 14.7. The summed E-state index contributed by atoms with van der Waals surface area (Å²) in [5.74, 6) is 0.860. The van der Waals surface area contributed by atoms with E-state index >= 15 is 0 Å². The van der Waals surface area contributed by atoms with Crippen LogP contribution in [0, 0.1) is 0 Å². The number of carbonyl (C=O) groups is 1. The van der Waals surface area contributed by atoms with Gasteiger partial charge >= 0.3 is 0 Å². The zero-order valence-electron chi connectivity index (χ0n) is 10.5. The van der Waals surface area contributed by atoms with Gasteiger partial charge in [0.05, 0.1) is 5.69 Å². The van der Waals surface area contributed by atoms with Gasteiger partial charge in [0.15, 0.2) is 0 Å². The Bertz CT molecular complexity index is 582. The smallest absolute Gasteiger partial charge is 0.134 e. The second-order valence-corrected chi connectivity index (χ2v) is 4.99. The lowest BCUT2D eigenvalue weighted by molar-refractivity contribution is -0.116. The van der Waals surface area contributed by atoms with Gasteiger partial charge in [-0.05, 0) is 43.5 Å². The Hall–Kier alpha value is -1.90. The minimum absolute atomic E-state index is 0.190. The molecule has 1 heterocycles. The van der Waals surface area contributed by atoms with Crippen molar-refractivity contribution < 1.29 is 4.79 Å². The summed E-state index contributed by atoms with van der Waals surface area (Å²) < 4.78 is 2.00. The first-order valence-electron chi connectivity index (χ1n) is 6.37. The lowest BCUT2D eigenvalue weighted by atomic mass is 10.1. The molecule has 1 aliphatic carbocycles. The molecule has 3 rings (SSSR count). The first-order valence-corrected chi connectivity index (χ1v) is 6.37. The van der Waals surface area contributed by atoms with Crippen molar-refractivity contribution in [3.63, 3.8) is 0 Å². The largest absolute Gasteiger partial charge is 0.300 e. The highest BCUT2D eigenvalue weighted by Gasteiger charge is 2.27. The van der Waals surface area contributed by atoms with Crippen molar-refractivity contribution in [2.45, 2.75) is 32.1 Å². The van der Waals surface area contributed by atoms with Crippen molar-refractivity contribution >= 4 is 5.78 Å². The highest BCUT2D eigenvalue weighted by atomic mass is 16.1. The summed E-state index contributed by atoms with van der Waals surface area (Å²) in [6.45, 7) is 1.62. The quantitative estimate of drug-likeness (QED) is 0.823. The first-order chi connectivity index (χ1) is 8.74. The van der Waals surface area contributed by atoms with Crippen LogP contribution in [0.4, 0.5) is 0 Å². The van der Waals surface area contributed by atoms with E-state index in [0.29, 0.717) is 12.3 Å². The van der Waals surface area contributed by atoms with Crippen molar-refractivity contribution in [2.75, 3.05) is 0 Å².